The van der Waals surface area contributed by atoms with Crippen LogP contribution in [0.4, 0.5) is 11.5 Å². The summed E-state index contributed by atoms with van der Waals surface area (Å²) in [5, 5.41) is 0. The van der Waals surface area contributed by atoms with E-state index in [-0.39, 0.29) is 4.90 Å². The molecule has 0 unspecified atom stereocenters. The van der Waals surface area contributed by atoms with Gasteiger partial charge in [0.05, 0.1) is 12.2 Å². The molecule has 1 aromatic carbocycles. The average molecular weight is 288 g/mol. The maximum atomic E-state index is 11.9. The number of sulfonamides is 1. The lowest BCUT2D eigenvalue weighted by Gasteiger charge is -2.25. The molecule has 0 spiro atoms. The van der Waals surface area contributed by atoms with Crippen LogP contribution in [-0.4, -0.2) is 19.7 Å². The SMILES string of the molecule is Nc1ncccc1CN1C=NS(=O)(=O)c2ccccc21. The van der Waals surface area contributed by atoms with Gasteiger partial charge in [0.25, 0.3) is 10.0 Å². The lowest BCUT2D eigenvalue weighted by atomic mass is 10.2. The topological polar surface area (TPSA) is 88.7 Å². The first-order valence-electron chi connectivity index (χ1n) is 5.93. The van der Waals surface area contributed by atoms with Crippen LogP contribution in [0.2, 0.25) is 0 Å². The Morgan fingerprint density at radius 1 is 1.15 bits per heavy atom. The molecule has 0 atom stereocenters. The Kier molecular flexibility index (Phi) is 2.90. The summed E-state index contributed by atoms with van der Waals surface area (Å²) in [7, 11) is -3.60. The Labute approximate surface area is 116 Å². The highest BCUT2D eigenvalue weighted by Crippen LogP contribution is 2.30. The quantitative estimate of drug-likeness (QED) is 0.902. The third-order valence-electron chi connectivity index (χ3n) is 3.04. The molecule has 2 aromatic rings. The van der Waals surface area contributed by atoms with Crippen molar-refractivity contribution in [3.8, 4) is 0 Å². The Morgan fingerprint density at radius 3 is 2.75 bits per heavy atom. The van der Waals surface area contributed by atoms with Gasteiger partial charge in [-0.1, -0.05) is 18.2 Å². The van der Waals surface area contributed by atoms with E-state index in [1.165, 1.54) is 6.34 Å². The van der Waals surface area contributed by atoms with Gasteiger partial charge in [0, 0.05) is 11.8 Å². The Bertz CT molecular complexity index is 786. The number of nitrogens with two attached hydrogens (primary N) is 1. The normalized spacial score (nSPS) is 15.9. The largest absolute Gasteiger partial charge is 0.383 e. The zero-order valence-electron chi connectivity index (χ0n) is 10.5. The predicted octanol–water partition coefficient (Wildman–Crippen LogP) is 1.40. The minimum Gasteiger partial charge on any atom is -0.383 e. The van der Waals surface area contributed by atoms with Crippen molar-refractivity contribution in [1.29, 1.82) is 0 Å². The van der Waals surface area contributed by atoms with Crippen molar-refractivity contribution in [2.75, 3.05) is 10.6 Å². The van der Waals surface area contributed by atoms with E-state index in [1.54, 1.807) is 41.4 Å². The summed E-state index contributed by atoms with van der Waals surface area (Å²) in [6.45, 7) is 0.412. The van der Waals surface area contributed by atoms with E-state index < -0.39 is 10.0 Å². The first kappa shape index (κ1) is 12.6. The number of benzene rings is 1. The molecule has 0 aliphatic carbocycles. The molecule has 7 heteroatoms. The fourth-order valence-electron chi connectivity index (χ4n) is 2.04. The fraction of sp³-hybridized carbons (Fsp3) is 0.0769. The fourth-order valence-corrected chi connectivity index (χ4v) is 3.10. The molecule has 6 nitrogen and oxygen atoms in total. The van der Waals surface area contributed by atoms with Crippen molar-refractivity contribution in [1.82, 2.24) is 4.98 Å². The molecule has 0 bridgehead atoms. The van der Waals surface area contributed by atoms with Crippen LogP contribution in [0, 0.1) is 0 Å². The lowest BCUT2D eigenvalue weighted by molar-refractivity contribution is 0.597. The molecule has 3 rings (SSSR count). The van der Waals surface area contributed by atoms with Crippen molar-refractivity contribution in [2.45, 2.75) is 11.4 Å². The second-order valence-corrected chi connectivity index (χ2v) is 5.94. The molecule has 1 aliphatic rings. The van der Waals surface area contributed by atoms with E-state index in [4.69, 9.17) is 5.73 Å². The zero-order valence-corrected chi connectivity index (χ0v) is 11.3. The number of rotatable bonds is 2. The second kappa shape index (κ2) is 4.61. The lowest BCUT2D eigenvalue weighted by Crippen LogP contribution is -2.27. The highest BCUT2D eigenvalue weighted by Gasteiger charge is 2.25. The maximum Gasteiger partial charge on any atom is 0.285 e. The van der Waals surface area contributed by atoms with Crippen molar-refractivity contribution < 1.29 is 8.42 Å². The third kappa shape index (κ3) is 2.12. The Morgan fingerprint density at radius 2 is 1.95 bits per heavy atom. The standard InChI is InChI=1S/C13H12N4O2S/c14-13-10(4-3-7-15-13)8-17-9-16-20(18,19)12-6-2-1-5-11(12)17/h1-7,9H,8H2,(H2,14,15). The van der Waals surface area contributed by atoms with Gasteiger partial charge in [-0.15, -0.1) is 4.40 Å². The van der Waals surface area contributed by atoms with Crippen LogP contribution in [0.5, 0.6) is 0 Å². The number of hydrogen-bond acceptors (Lipinski definition) is 5. The summed E-state index contributed by atoms with van der Waals surface area (Å²) >= 11 is 0. The number of anilines is 2. The second-order valence-electron chi connectivity index (χ2n) is 4.34. The summed E-state index contributed by atoms with van der Waals surface area (Å²) in [6.07, 6.45) is 2.92. The van der Waals surface area contributed by atoms with Crippen LogP contribution in [0.3, 0.4) is 0 Å². The average Bonchev–Trinajstić information content (AvgIpc) is 2.44. The van der Waals surface area contributed by atoms with E-state index in [9.17, 15) is 8.42 Å². The number of para-hydroxylation sites is 1. The van der Waals surface area contributed by atoms with Crippen LogP contribution in [0.25, 0.3) is 0 Å². The van der Waals surface area contributed by atoms with E-state index in [0.717, 1.165) is 5.56 Å². The predicted molar refractivity (Wildman–Crippen MR) is 77.0 cm³/mol. The van der Waals surface area contributed by atoms with E-state index in [1.807, 2.05) is 6.07 Å². The monoisotopic (exact) mass is 288 g/mol. The molecule has 0 saturated carbocycles. The molecule has 2 heterocycles. The zero-order chi connectivity index (χ0) is 14.2. The summed E-state index contributed by atoms with van der Waals surface area (Å²) < 4.78 is 27.4. The van der Waals surface area contributed by atoms with Crippen LogP contribution in [0.1, 0.15) is 5.56 Å². The Hall–Kier alpha value is -2.41. The molecule has 2 N–H and O–H groups in total. The van der Waals surface area contributed by atoms with Gasteiger partial charge >= 0.3 is 0 Å². The summed E-state index contributed by atoms with van der Waals surface area (Å²) in [6, 6.07) is 10.4. The Balaban J connectivity index is 2.03. The molecule has 0 saturated heterocycles. The van der Waals surface area contributed by atoms with Gasteiger partial charge in [0.2, 0.25) is 0 Å². The number of pyridine rings is 1. The first-order valence-corrected chi connectivity index (χ1v) is 7.37. The van der Waals surface area contributed by atoms with Gasteiger partial charge in [-0.3, -0.25) is 0 Å². The van der Waals surface area contributed by atoms with E-state index in [0.29, 0.717) is 18.1 Å². The minimum atomic E-state index is -3.60. The van der Waals surface area contributed by atoms with Crippen molar-refractivity contribution in [2.24, 2.45) is 4.40 Å². The number of aromatic nitrogens is 1. The number of nitrogen functional groups attached to an aromatic ring is 1. The number of hydrogen-bond donors (Lipinski definition) is 1. The van der Waals surface area contributed by atoms with Crippen molar-refractivity contribution in [3.05, 3.63) is 48.2 Å². The molecule has 20 heavy (non-hydrogen) atoms. The van der Waals surface area contributed by atoms with E-state index >= 15 is 0 Å². The van der Waals surface area contributed by atoms with Gasteiger partial charge in [-0.05, 0) is 18.2 Å². The number of fused-ring (bicyclic) bond motifs is 1. The van der Waals surface area contributed by atoms with Crippen LogP contribution < -0.4 is 10.6 Å². The maximum absolute atomic E-state index is 11.9. The summed E-state index contributed by atoms with van der Waals surface area (Å²) in [5.74, 6) is 0.423. The van der Waals surface area contributed by atoms with Crippen LogP contribution in [0.15, 0.2) is 51.9 Å². The number of nitrogens with zero attached hydrogens (tertiary/aromatic N) is 3. The minimum absolute atomic E-state index is 0.199. The molecular weight excluding hydrogens is 276 g/mol. The van der Waals surface area contributed by atoms with E-state index in [2.05, 4.69) is 9.38 Å². The van der Waals surface area contributed by atoms with Gasteiger partial charge in [-0.25, -0.2) is 4.98 Å². The van der Waals surface area contributed by atoms with Gasteiger partial charge in [0.1, 0.15) is 17.1 Å². The molecular formula is C13H12N4O2S. The van der Waals surface area contributed by atoms with Gasteiger partial charge in [0.15, 0.2) is 0 Å². The summed E-state index contributed by atoms with van der Waals surface area (Å²) in [5.41, 5.74) is 7.21. The molecule has 1 aliphatic heterocycles. The molecule has 1 aromatic heterocycles. The molecule has 102 valence electrons. The molecule has 0 amide bonds. The smallest absolute Gasteiger partial charge is 0.285 e. The van der Waals surface area contributed by atoms with Crippen molar-refractivity contribution >= 4 is 27.9 Å². The van der Waals surface area contributed by atoms with Crippen LogP contribution in [-0.2, 0) is 16.6 Å². The highest BCUT2D eigenvalue weighted by atomic mass is 32.2. The van der Waals surface area contributed by atoms with Gasteiger partial charge < -0.3 is 10.6 Å². The first-order chi connectivity index (χ1) is 9.58. The summed E-state index contributed by atoms with van der Waals surface area (Å²) in [4.78, 5) is 5.96. The van der Waals surface area contributed by atoms with Crippen LogP contribution >= 0.6 is 0 Å². The molecule has 0 fully saturated rings. The van der Waals surface area contributed by atoms with Crippen molar-refractivity contribution in [3.63, 3.8) is 0 Å². The molecule has 0 radical (unpaired) electrons. The van der Waals surface area contributed by atoms with Gasteiger partial charge in [-0.2, -0.15) is 8.42 Å². The third-order valence-corrected chi connectivity index (χ3v) is 4.32. The highest BCUT2D eigenvalue weighted by molar-refractivity contribution is 7.90.